The zero-order valence-corrected chi connectivity index (χ0v) is 39.2. The van der Waals surface area contributed by atoms with E-state index in [9.17, 15) is 13.2 Å². The molecule has 0 aromatic carbocycles. The third-order valence-corrected chi connectivity index (χ3v) is 22.8. The number of carbonyl (C=O) groups excluding carboxylic acids is 1. The second kappa shape index (κ2) is 15.6. The van der Waals surface area contributed by atoms with Crippen molar-refractivity contribution in [3.8, 4) is 0 Å². The normalized spacial score (nSPS) is 36.3. The summed E-state index contributed by atoms with van der Waals surface area (Å²) in [5.74, 6) is 4.01. The number of anilines is 1. The van der Waals surface area contributed by atoms with E-state index in [1.54, 1.807) is 6.07 Å². The Kier molecular flexibility index (Phi) is 12.2. The number of aromatic nitrogens is 1. The predicted octanol–water partition coefficient (Wildman–Crippen LogP) is 10.2. The molecule has 1 N–H and O–H groups in total. The summed E-state index contributed by atoms with van der Waals surface area (Å²) >= 11 is 0. The molecule has 1 aromatic heterocycles. The number of pyridine rings is 1. The van der Waals surface area contributed by atoms with Gasteiger partial charge in [-0.15, -0.1) is 0 Å². The monoisotopic (exact) mass is 817 g/mol. The van der Waals surface area contributed by atoms with Crippen molar-refractivity contribution in [1.29, 1.82) is 0 Å². The second-order valence-electron chi connectivity index (χ2n) is 21.5. The van der Waals surface area contributed by atoms with Gasteiger partial charge in [-0.3, -0.25) is 0 Å². The Hall–Kier alpha value is -1.48. The van der Waals surface area contributed by atoms with E-state index in [1.165, 1.54) is 44.4 Å². The molecule has 4 saturated carbocycles. The molecule has 6 unspecified atom stereocenters. The summed E-state index contributed by atoms with van der Waals surface area (Å²) in [6, 6.07) is 3.25. The smallest absolute Gasteiger partial charge is 0.421 e. The van der Waals surface area contributed by atoms with Crippen LogP contribution in [-0.4, -0.2) is 68.0 Å². The topological polar surface area (TPSA) is 107 Å². The van der Waals surface area contributed by atoms with Gasteiger partial charge in [-0.05, 0) is 166 Å². The van der Waals surface area contributed by atoms with Crippen LogP contribution in [0.15, 0.2) is 23.2 Å². The average molecular weight is 818 g/mol. The first kappa shape index (κ1) is 43.1. The first-order valence-electron chi connectivity index (χ1n) is 21.7. The van der Waals surface area contributed by atoms with Gasteiger partial charge in [0.1, 0.15) is 10.7 Å². The van der Waals surface area contributed by atoms with Gasteiger partial charge in [0.25, 0.3) is 10.0 Å². The summed E-state index contributed by atoms with van der Waals surface area (Å²) in [5, 5.41) is 0.202. The Morgan fingerprint density at radius 1 is 0.945 bits per heavy atom. The average Bonchev–Trinajstić information content (AvgIpc) is 3.46. The highest BCUT2D eigenvalue weighted by molar-refractivity contribution is 7.90. The van der Waals surface area contributed by atoms with Gasteiger partial charge in [-0.25, -0.2) is 22.9 Å². The van der Waals surface area contributed by atoms with Crippen molar-refractivity contribution in [2.45, 2.75) is 168 Å². The molecule has 1 amide bonds. The maximum absolute atomic E-state index is 13.1. The molecule has 0 spiro atoms. The van der Waals surface area contributed by atoms with Crippen LogP contribution in [0.4, 0.5) is 10.6 Å². The lowest BCUT2D eigenvalue weighted by Crippen LogP contribution is -2.63. The number of nitrogens with one attached hydrogen (secondary N) is 1. The van der Waals surface area contributed by atoms with Crippen LogP contribution in [0.1, 0.15) is 113 Å². The highest BCUT2D eigenvalue weighted by Gasteiger charge is 2.65. The van der Waals surface area contributed by atoms with Gasteiger partial charge < -0.3 is 18.5 Å². The molecule has 5 fully saturated rings. The number of amides is 1. The Bertz CT molecular complexity index is 1620. The fourth-order valence-corrected chi connectivity index (χ4v) is 15.7. The van der Waals surface area contributed by atoms with Gasteiger partial charge >= 0.3 is 6.09 Å². The number of nitrogens with zero attached hydrogens (tertiary/aromatic N) is 2. The fourth-order valence-electron chi connectivity index (χ4n) is 12.2. The van der Waals surface area contributed by atoms with Crippen molar-refractivity contribution in [2.75, 3.05) is 24.6 Å². The number of hydrogen-bond donors (Lipinski definition) is 1. The third-order valence-electron chi connectivity index (χ3n) is 16.0. The van der Waals surface area contributed by atoms with Crippen molar-refractivity contribution in [3.05, 3.63) is 18.3 Å². The molecule has 55 heavy (non-hydrogen) atoms. The minimum atomic E-state index is -4.10. The second-order valence-corrected chi connectivity index (χ2v) is 32.4. The van der Waals surface area contributed by atoms with E-state index in [1.807, 2.05) is 0 Å². The molecule has 1 saturated heterocycles. The Morgan fingerprint density at radius 3 is 2.22 bits per heavy atom. The zero-order chi connectivity index (χ0) is 40.4. The lowest BCUT2D eigenvalue weighted by atomic mass is 9.42. The summed E-state index contributed by atoms with van der Waals surface area (Å²) in [6.45, 7) is 30.8. The van der Waals surface area contributed by atoms with Crippen molar-refractivity contribution >= 4 is 38.6 Å². The fraction of sp³-hybridized carbons (Fsp3) is 0.860. The molecule has 9 nitrogen and oxygen atoms in total. The van der Waals surface area contributed by atoms with Crippen molar-refractivity contribution in [3.63, 3.8) is 0 Å². The first-order chi connectivity index (χ1) is 25.5. The Morgan fingerprint density at radius 2 is 1.60 bits per heavy atom. The number of sulfonamides is 1. The quantitative estimate of drug-likeness (QED) is 0.233. The van der Waals surface area contributed by atoms with Crippen LogP contribution in [0.5, 0.6) is 0 Å². The van der Waals surface area contributed by atoms with E-state index in [2.05, 4.69) is 95.8 Å². The van der Waals surface area contributed by atoms with Crippen LogP contribution in [0.2, 0.25) is 37.8 Å². The molecule has 5 aliphatic rings. The molecule has 0 bridgehead atoms. The van der Waals surface area contributed by atoms with Gasteiger partial charge in [-0.1, -0.05) is 48.5 Å². The Balaban J connectivity index is 1.13. The van der Waals surface area contributed by atoms with E-state index in [-0.39, 0.29) is 39.4 Å². The summed E-state index contributed by atoms with van der Waals surface area (Å²) < 4.78 is 48.6. The summed E-state index contributed by atoms with van der Waals surface area (Å²) in [4.78, 5) is 19.5. The van der Waals surface area contributed by atoms with E-state index in [0.29, 0.717) is 41.6 Å². The lowest BCUT2D eigenvalue weighted by Gasteiger charge is -2.66. The number of fused-ring (bicyclic) bond motifs is 5. The highest BCUT2D eigenvalue weighted by atomic mass is 32.2. The highest BCUT2D eigenvalue weighted by Crippen LogP contribution is 2.70. The minimum absolute atomic E-state index is 0.0366. The maximum atomic E-state index is 13.1. The van der Waals surface area contributed by atoms with Crippen LogP contribution in [0.3, 0.4) is 0 Å². The molecule has 2 heterocycles. The molecular weight excluding hydrogens is 743 g/mol. The molecule has 1 aromatic rings. The van der Waals surface area contributed by atoms with Gasteiger partial charge in [0.2, 0.25) is 0 Å². The molecule has 4 aliphatic carbocycles. The van der Waals surface area contributed by atoms with Crippen LogP contribution >= 0.6 is 0 Å². The van der Waals surface area contributed by atoms with Gasteiger partial charge in [0.15, 0.2) is 16.6 Å². The van der Waals surface area contributed by atoms with Gasteiger partial charge in [0.05, 0.1) is 12.7 Å². The van der Waals surface area contributed by atoms with E-state index >= 15 is 0 Å². The third kappa shape index (κ3) is 8.65. The van der Waals surface area contributed by atoms with Crippen molar-refractivity contribution in [2.24, 2.45) is 52.3 Å². The molecule has 11 atom stereocenters. The Labute approximate surface area is 336 Å². The van der Waals surface area contributed by atoms with E-state index in [0.717, 1.165) is 51.0 Å². The number of hydrogen-bond acceptors (Lipinski definition) is 8. The molecule has 0 radical (unpaired) electrons. The van der Waals surface area contributed by atoms with Crippen molar-refractivity contribution < 1.29 is 26.8 Å². The van der Waals surface area contributed by atoms with E-state index in [4.69, 9.17) is 13.6 Å². The molecular formula is C43H75N3O6SSi2. The molecule has 1 aliphatic heterocycles. The van der Waals surface area contributed by atoms with Crippen LogP contribution in [0.25, 0.3) is 0 Å². The molecule has 12 heteroatoms. The molecule has 6 rings (SSSR count). The predicted molar refractivity (Wildman–Crippen MR) is 227 cm³/mol. The number of rotatable bonds is 10. The van der Waals surface area contributed by atoms with Crippen LogP contribution in [-0.2, 0) is 23.6 Å². The van der Waals surface area contributed by atoms with Crippen LogP contribution < -0.4 is 9.62 Å². The summed E-state index contributed by atoms with van der Waals surface area (Å²) in [5.41, 5.74) is 0.388. The number of piperidine rings is 1. The SMILES string of the molecule is C[C@H]1C(O[Si](C)(C)C)[C@@H]2[C@H](CCC3(C)C([C@H](C)COC(=O)NS(=O)(=O)c4ccc(N5CCCCC5)nc4)CC[C@@H]23)C2(C)CCC(O[Si](C)(C)C(C)(C)C)CC12. The largest absolute Gasteiger partial charge is 0.449 e. The zero-order valence-electron chi connectivity index (χ0n) is 36.4. The van der Waals surface area contributed by atoms with E-state index < -0.39 is 32.8 Å². The standard InChI is InChI=1S/C43H75N3O6SSi2/c1-29(28-50-40(47)45-53(48,49)32-16-19-37(44-27-32)46-24-14-13-15-25-46)33-17-18-34-38-35(21-23-42(33,34)6)43(7)22-20-31(51-55(11,12)41(3,4)5)26-36(43)30(2)39(38)52-54(8,9)10/h16,19,27,29-31,33-36,38-39H,13-15,17-18,20-26,28H2,1-12H3,(H,45,47)/t29-,30-,31?,33?,34+,35+,36?,38+,39?,42?,43?/m1/s1. The number of carbonyl (C=O) groups is 1. The summed E-state index contributed by atoms with van der Waals surface area (Å²) in [6.07, 6.45) is 12.6. The lowest BCUT2D eigenvalue weighted by molar-refractivity contribution is -0.193. The summed E-state index contributed by atoms with van der Waals surface area (Å²) in [7, 11) is -7.83. The minimum Gasteiger partial charge on any atom is -0.449 e. The van der Waals surface area contributed by atoms with Gasteiger partial charge in [0, 0.05) is 25.4 Å². The van der Waals surface area contributed by atoms with Gasteiger partial charge in [-0.2, -0.15) is 0 Å². The van der Waals surface area contributed by atoms with Crippen molar-refractivity contribution in [1.82, 2.24) is 9.71 Å². The maximum Gasteiger partial charge on any atom is 0.421 e. The first-order valence-corrected chi connectivity index (χ1v) is 29.5. The number of ether oxygens (including phenoxy) is 1. The molecule has 312 valence electrons. The van der Waals surface area contributed by atoms with Crippen LogP contribution in [0, 0.1) is 52.3 Å².